The molecule has 1 aliphatic rings. The van der Waals surface area contributed by atoms with Gasteiger partial charge in [0, 0.05) is 37.8 Å². The Hall–Kier alpha value is -2.59. The predicted molar refractivity (Wildman–Crippen MR) is 107 cm³/mol. The third-order valence-corrected chi connectivity index (χ3v) is 5.37. The largest absolute Gasteiger partial charge is 0.373 e. The quantitative estimate of drug-likeness (QED) is 0.657. The lowest BCUT2D eigenvalue weighted by molar-refractivity contribution is -0.134. The topological polar surface area (TPSA) is 34.5 Å². The number of rotatable bonds is 6. The minimum absolute atomic E-state index is 0.245. The summed E-state index contributed by atoms with van der Waals surface area (Å²) >= 11 is 0. The highest BCUT2D eigenvalue weighted by Gasteiger charge is 2.23. The van der Waals surface area contributed by atoms with Gasteiger partial charge in [-0.25, -0.2) is 0 Å². The molecule has 1 amide bonds. The van der Waals surface area contributed by atoms with E-state index in [1.807, 2.05) is 35.2 Å². The van der Waals surface area contributed by atoms with E-state index in [4.69, 9.17) is 4.74 Å². The Balaban J connectivity index is 1.23. The van der Waals surface area contributed by atoms with Crippen molar-refractivity contribution in [1.82, 2.24) is 9.47 Å². The summed E-state index contributed by atoms with van der Waals surface area (Å²) in [5.74, 6) is 0.245. The van der Waals surface area contributed by atoms with Gasteiger partial charge in [0.05, 0.1) is 12.7 Å². The van der Waals surface area contributed by atoms with Gasteiger partial charge >= 0.3 is 0 Å². The Morgan fingerprint density at radius 2 is 1.70 bits per heavy atom. The van der Waals surface area contributed by atoms with E-state index >= 15 is 0 Å². The molecule has 4 heteroatoms. The van der Waals surface area contributed by atoms with E-state index in [-0.39, 0.29) is 12.0 Å². The second-order valence-electron chi connectivity index (χ2n) is 7.19. The number of likely N-dealkylation sites (tertiary alicyclic amines) is 1. The van der Waals surface area contributed by atoms with Gasteiger partial charge in [0.2, 0.25) is 5.91 Å². The van der Waals surface area contributed by atoms with Crippen molar-refractivity contribution in [3.63, 3.8) is 0 Å². The van der Waals surface area contributed by atoms with Crippen LogP contribution in [-0.4, -0.2) is 34.6 Å². The zero-order valence-electron chi connectivity index (χ0n) is 15.6. The lowest BCUT2D eigenvalue weighted by Crippen LogP contribution is -2.41. The molecule has 4 nitrogen and oxygen atoms in total. The number of carbonyl (C=O) groups is 1. The number of amides is 1. The van der Waals surface area contributed by atoms with Crippen molar-refractivity contribution in [3.8, 4) is 0 Å². The first-order valence-electron chi connectivity index (χ1n) is 9.77. The maximum atomic E-state index is 12.6. The lowest BCUT2D eigenvalue weighted by atomic mass is 10.1. The molecule has 0 atom stereocenters. The molecular weight excluding hydrogens is 336 g/mol. The second-order valence-corrected chi connectivity index (χ2v) is 7.19. The Labute approximate surface area is 160 Å². The Morgan fingerprint density at radius 1 is 0.963 bits per heavy atom. The van der Waals surface area contributed by atoms with Crippen LogP contribution >= 0.6 is 0 Å². The average molecular weight is 362 g/mol. The van der Waals surface area contributed by atoms with Gasteiger partial charge in [0.15, 0.2) is 0 Å². The number of para-hydroxylation sites is 1. The molecule has 4 rings (SSSR count). The Bertz CT molecular complexity index is 880. The molecule has 2 heterocycles. The molecule has 1 fully saturated rings. The van der Waals surface area contributed by atoms with E-state index in [9.17, 15) is 4.79 Å². The molecular formula is C23H26N2O2. The zero-order chi connectivity index (χ0) is 18.5. The highest BCUT2D eigenvalue weighted by molar-refractivity contribution is 5.80. The Kier molecular flexibility index (Phi) is 5.54. The highest BCUT2D eigenvalue weighted by Crippen LogP contribution is 2.18. The fourth-order valence-electron chi connectivity index (χ4n) is 3.77. The number of piperidine rings is 1. The zero-order valence-corrected chi connectivity index (χ0v) is 15.6. The van der Waals surface area contributed by atoms with Gasteiger partial charge < -0.3 is 14.2 Å². The summed E-state index contributed by atoms with van der Waals surface area (Å²) < 4.78 is 8.19. The Morgan fingerprint density at radius 3 is 2.52 bits per heavy atom. The number of nitrogens with zero attached hydrogens (tertiary/aromatic N) is 2. The first-order chi connectivity index (χ1) is 13.3. The monoisotopic (exact) mass is 362 g/mol. The van der Waals surface area contributed by atoms with Crippen LogP contribution in [0.4, 0.5) is 0 Å². The minimum atomic E-state index is 0.245. The third-order valence-electron chi connectivity index (χ3n) is 5.37. The van der Waals surface area contributed by atoms with E-state index in [2.05, 4.69) is 41.1 Å². The van der Waals surface area contributed by atoms with Gasteiger partial charge in [-0.15, -0.1) is 0 Å². The van der Waals surface area contributed by atoms with Gasteiger partial charge in [0.25, 0.3) is 0 Å². The fourth-order valence-corrected chi connectivity index (χ4v) is 3.77. The van der Waals surface area contributed by atoms with Crippen LogP contribution in [0.15, 0.2) is 66.9 Å². The number of benzene rings is 2. The number of aromatic nitrogens is 1. The standard InChI is InChI=1S/C23H26N2O2/c26-23(13-17-24-14-10-20-8-4-5-9-22(20)24)25-15-11-21(12-16-25)27-18-19-6-2-1-3-7-19/h1-10,14,21H,11-13,15-18H2. The number of ether oxygens (including phenoxy) is 1. The molecule has 1 saturated heterocycles. The van der Waals surface area contributed by atoms with Crippen molar-refractivity contribution < 1.29 is 9.53 Å². The van der Waals surface area contributed by atoms with Crippen LogP contribution in [0, 0.1) is 0 Å². The van der Waals surface area contributed by atoms with Gasteiger partial charge in [-0.2, -0.15) is 0 Å². The van der Waals surface area contributed by atoms with Crippen LogP contribution in [-0.2, 0) is 22.7 Å². The summed E-state index contributed by atoms with van der Waals surface area (Å²) in [5.41, 5.74) is 2.40. The van der Waals surface area contributed by atoms with Crippen molar-refractivity contribution in [3.05, 3.63) is 72.4 Å². The summed E-state index contributed by atoms with van der Waals surface area (Å²) in [5, 5.41) is 1.22. The van der Waals surface area contributed by atoms with E-state index in [0.29, 0.717) is 13.0 Å². The summed E-state index contributed by atoms with van der Waals surface area (Å²) in [6.07, 6.45) is 4.72. The predicted octanol–water partition coefficient (Wildman–Crippen LogP) is 4.24. The minimum Gasteiger partial charge on any atom is -0.373 e. The molecule has 0 bridgehead atoms. The number of aryl methyl sites for hydroxylation is 1. The van der Waals surface area contributed by atoms with Gasteiger partial charge in [-0.05, 0) is 35.9 Å². The van der Waals surface area contributed by atoms with Crippen LogP contribution in [0.5, 0.6) is 0 Å². The van der Waals surface area contributed by atoms with Crippen LogP contribution < -0.4 is 0 Å². The molecule has 0 unspecified atom stereocenters. The molecule has 0 saturated carbocycles. The summed E-state index contributed by atoms with van der Waals surface area (Å²) in [6, 6.07) is 20.7. The molecule has 3 aromatic rings. The van der Waals surface area contributed by atoms with Crippen LogP contribution in [0.2, 0.25) is 0 Å². The van der Waals surface area contributed by atoms with Crippen LogP contribution in [0.25, 0.3) is 10.9 Å². The van der Waals surface area contributed by atoms with E-state index < -0.39 is 0 Å². The van der Waals surface area contributed by atoms with Crippen LogP contribution in [0.1, 0.15) is 24.8 Å². The lowest BCUT2D eigenvalue weighted by Gasteiger charge is -2.32. The van der Waals surface area contributed by atoms with E-state index in [1.165, 1.54) is 16.5 Å². The smallest absolute Gasteiger partial charge is 0.224 e. The maximum Gasteiger partial charge on any atom is 0.224 e. The molecule has 0 spiro atoms. The summed E-state index contributed by atoms with van der Waals surface area (Å²) in [6.45, 7) is 2.98. The highest BCUT2D eigenvalue weighted by atomic mass is 16.5. The maximum absolute atomic E-state index is 12.6. The number of hydrogen-bond acceptors (Lipinski definition) is 2. The number of hydrogen-bond donors (Lipinski definition) is 0. The van der Waals surface area contributed by atoms with Gasteiger partial charge in [0.1, 0.15) is 0 Å². The van der Waals surface area contributed by atoms with Crippen molar-refractivity contribution in [2.24, 2.45) is 0 Å². The fraction of sp³-hybridized carbons (Fsp3) is 0.348. The molecule has 1 aliphatic heterocycles. The molecule has 0 N–H and O–H groups in total. The van der Waals surface area contributed by atoms with Crippen molar-refractivity contribution in [2.45, 2.75) is 38.5 Å². The summed E-state index contributed by atoms with van der Waals surface area (Å²) in [7, 11) is 0. The molecule has 140 valence electrons. The summed E-state index contributed by atoms with van der Waals surface area (Å²) in [4.78, 5) is 14.6. The van der Waals surface area contributed by atoms with Crippen molar-refractivity contribution >= 4 is 16.8 Å². The second kappa shape index (κ2) is 8.40. The average Bonchev–Trinajstić information content (AvgIpc) is 3.15. The van der Waals surface area contributed by atoms with E-state index in [1.54, 1.807) is 0 Å². The third kappa shape index (κ3) is 4.40. The molecule has 27 heavy (non-hydrogen) atoms. The van der Waals surface area contributed by atoms with E-state index in [0.717, 1.165) is 32.5 Å². The van der Waals surface area contributed by atoms with Gasteiger partial charge in [-0.1, -0.05) is 48.5 Å². The first-order valence-corrected chi connectivity index (χ1v) is 9.77. The van der Waals surface area contributed by atoms with Crippen LogP contribution in [0.3, 0.4) is 0 Å². The van der Waals surface area contributed by atoms with Gasteiger partial charge in [-0.3, -0.25) is 4.79 Å². The van der Waals surface area contributed by atoms with Crippen molar-refractivity contribution in [1.29, 1.82) is 0 Å². The SMILES string of the molecule is O=C(CCn1ccc2ccccc21)N1CCC(OCc2ccccc2)CC1. The normalized spacial score (nSPS) is 15.3. The number of carbonyl (C=O) groups excluding carboxylic acids is 1. The first kappa shape index (κ1) is 17.8. The molecule has 0 radical (unpaired) electrons. The molecule has 0 aliphatic carbocycles. The van der Waals surface area contributed by atoms with Crippen molar-refractivity contribution in [2.75, 3.05) is 13.1 Å². The number of fused-ring (bicyclic) bond motifs is 1. The molecule has 1 aromatic heterocycles. The molecule has 2 aromatic carbocycles.